The Morgan fingerprint density at radius 2 is 2.29 bits per heavy atom. The van der Waals surface area contributed by atoms with E-state index in [4.69, 9.17) is 10.5 Å². The average molecular weight is 288 g/mol. The first-order chi connectivity index (χ1) is 10.2. The summed E-state index contributed by atoms with van der Waals surface area (Å²) in [6.07, 6.45) is 7.63. The molecule has 0 radical (unpaired) electrons. The molecule has 6 nitrogen and oxygen atoms in total. The molecule has 0 unspecified atom stereocenters. The Morgan fingerprint density at radius 3 is 3.10 bits per heavy atom. The highest BCUT2D eigenvalue weighted by Gasteiger charge is 2.27. The van der Waals surface area contributed by atoms with Crippen LogP contribution in [0.5, 0.6) is 0 Å². The van der Waals surface area contributed by atoms with E-state index in [-0.39, 0.29) is 18.1 Å². The van der Waals surface area contributed by atoms with Crippen LogP contribution in [0.4, 0.5) is 5.69 Å². The molecule has 0 spiro atoms. The van der Waals surface area contributed by atoms with Crippen molar-refractivity contribution in [3.05, 3.63) is 30.1 Å². The molecule has 2 aromatic heterocycles. The topological polar surface area (TPSA) is 81.6 Å². The monoisotopic (exact) mass is 288 g/mol. The maximum atomic E-state index is 12.5. The molecule has 1 aliphatic rings. The maximum absolute atomic E-state index is 12.5. The maximum Gasteiger partial charge on any atom is 0.255 e. The van der Waals surface area contributed by atoms with Crippen molar-refractivity contribution in [2.75, 3.05) is 12.8 Å². The number of amides is 1. The molecule has 2 atom stereocenters. The van der Waals surface area contributed by atoms with Gasteiger partial charge in [-0.05, 0) is 25.0 Å². The lowest BCUT2D eigenvalue weighted by molar-refractivity contribution is 0.0393. The van der Waals surface area contributed by atoms with Gasteiger partial charge in [-0.2, -0.15) is 5.10 Å². The first kappa shape index (κ1) is 13.9. The highest BCUT2D eigenvalue weighted by atomic mass is 16.5. The predicted molar refractivity (Wildman–Crippen MR) is 80.1 cm³/mol. The van der Waals surface area contributed by atoms with Gasteiger partial charge in [-0.25, -0.2) is 4.52 Å². The highest BCUT2D eigenvalue weighted by Crippen LogP contribution is 2.22. The van der Waals surface area contributed by atoms with Gasteiger partial charge < -0.3 is 15.8 Å². The molecule has 0 aromatic carbocycles. The molecule has 0 saturated heterocycles. The van der Waals surface area contributed by atoms with Gasteiger partial charge in [0, 0.05) is 19.0 Å². The van der Waals surface area contributed by atoms with E-state index in [9.17, 15) is 4.79 Å². The summed E-state index contributed by atoms with van der Waals surface area (Å²) in [6, 6.07) is 3.58. The molecule has 2 aromatic rings. The Balaban J connectivity index is 1.82. The van der Waals surface area contributed by atoms with Crippen molar-refractivity contribution in [1.29, 1.82) is 0 Å². The van der Waals surface area contributed by atoms with Crippen LogP contribution >= 0.6 is 0 Å². The van der Waals surface area contributed by atoms with Crippen molar-refractivity contribution in [3.63, 3.8) is 0 Å². The number of nitrogen functional groups attached to an aromatic ring is 1. The quantitative estimate of drug-likeness (QED) is 0.899. The third-order valence-electron chi connectivity index (χ3n) is 4.11. The van der Waals surface area contributed by atoms with Crippen LogP contribution in [0.25, 0.3) is 5.52 Å². The minimum absolute atomic E-state index is 0.0623. The number of carbonyl (C=O) groups excluding carboxylic acids is 1. The Bertz CT molecular complexity index is 652. The second kappa shape index (κ2) is 5.73. The molecule has 0 aliphatic heterocycles. The second-order valence-corrected chi connectivity index (χ2v) is 5.49. The first-order valence-corrected chi connectivity index (χ1v) is 7.25. The number of carbonyl (C=O) groups is 1. The second-order valence-electron chi connectivity index (χ2n) is 5.49. The number of nitrogens with two attached hydrogens (primary N) is 1. The van der Waals surface area contributed by atoms with Gasteiger partial charge in [0.05, 0.1) is 29.4 Å². The lowest BCUT2D eigenvalue weighted by Crippen LogP contribution is -2.45. The molecule has 21 heavy (non-hydrogen) atoms. The lowest BCUT2D eigenvalue weighted by atomic mass is 9.92. The molecule has 1 fully saturated rings. The summed E-state index contributed by atoms with van der Waals surface area (Å²) in [5.74, 6) is -0.121. The van der Waals surface area contributed by atoms with Crippen molar-refractivity contribution in [2.24, 2.45) is 0 Å². The Morgan fingerprint density at radius 1 is 1.48 bits per heavy atom. The predicted octanol–water partition coefficient (Wildman–Crippen LogP) is 1.60. The molecule has 2 heterocycles. The number of rotatable bonds is 3. The number of anilines is 1. The van der Waals surface area contributed by atoms with Crippen LogP contribution in [0.3, 0.4) is 0 Å². The zero-order chi connectivity index (χ0) is 14.8. The van der Waals surface area contributed by atoms with Gasteiger partial charge in [-0.15, -0.1) is 0 Å². The fourth-order valence-corrected chi connectivity index (χ4v) is 2.96. The van der Waals surface area contributed by atoms with Crippen molar-refractivity contribution in [2.45, 2.75) is 37.8 Å². The molecular formula is C15H20N4O2. The van der Waals surface area contributed by atoms with Crippen molar-refractivity contribution in [3.8, 4) is 0 Å². The summed E-state index contributed by atoms with van der Waals surface area (Å²) in [4.78, 5) is 12.5. The van der Waals surface area contributed by atoms with Gasteiger partial charge in [0.15, 0.2) is 0 Å². The minimum atomic E-state index is -0.121. The van der Waals surface area contributed by atoms with Gasteiger partial charge in [-0.1, -0.05) is 12.8 Å². The molecule has 0 bridgehead atoms. The Hall–Kier alpha value is -2.08. The normalized spacial score (nSPS) is 22.3. The summed E-state index contributed by atoms with van der Waals surface area (Å²) in [5.41, 5.74) is 7.67. The zero-order valence-corrected chi connectivity index (χ0v) is 12.1. The van der Waals surface area contributed by atoms with Crippen LogP contribution in [0.1, 0.15) is 36.0 Å². The summed E-state index contributed by atoms with van der Waals surface area (Å²) in [6.45, 7) is 0. The molecular weight excluding hydrogens is 268 g/mol. The van der Waals surface area contributed by atoms with E-state index in [2.05, 4.69) is 10.4 Å². The summed E-state index contributed by atoms with van der Waals surface area (Å²) in [7, 11) is 1.70. The standard InChI is InChI=1S/C15H20N4O2/c1-21-14-5-3-2-4-12(14)18-15(20)11-9-17-19-7-6-10(16)8-13(11)19/h6-9,12,14H,2-5,16H2,1H3,(H,18,20)/t12-,14-/m0/s1. The number of nitrogens with one attached hydrogen (secondary N) is 1. The minimum Gasteiger partial charge on any atom is -0.399 e. The number of aromatic nitrogens is 2. The van der Waals surface area contributed by atoms with Crippen molar-refractivity contribution < 1.29 is 9.53 Å². The molecule has 1 aliphatic carbocycles. The van der Waals surface area contributed by atoms with Gasteiger partial charge in [0.1, 0.15) is 0 Å². The Kier molecular flexibility index (Phi) is 3.79. The number of fused-ring (bicyclic) bond motifs is 1. The molecule has 1 saturated carbocycles. The third kappa shape index (κ3) is 2.71. The molecule has 3 N–H and O–H groups in total. The Labute approximate surface area is 123 Å². The highest BCUT2D eigenvalue weighted by molar-refractivity contribution is 6.01. The van der Waals surface area contributed by atoms with E-state index in [0.717, 1.165) is 31.2 Å². The van der Waals surface area contributed by atoms with Gasteiger partial charge >= 0.3 is 0 Å². The van der Waals surface area contributed by atoms with E-state index in [1.807, 2.05) is 0 Å². The zero-order valence-electron chi connectivity index (χ0n) is 12.1. The van der Waals surface area contributed by atoms with Gasteiger partial charge in [0.25, 0.3) is 5.91 Å². The average Bonchev–Trinajstić information content (AvgIpc) is 2.90. The summed E-state index contributed by atoms with van der Waals surface area (Å²) in [5, 5.41) is 7.26. The van der Waals surface area contributed by atoms with Gasteiger partial charge in [-0.3, -0.25) is 4.79 Å². The lowest BCUT2D eigenvalue weighted by Gasteiger charge is -2.30. The number of ether oxygens (including phenoxy) is 1. The third-order valence-corrected chi connectivity index (χ3v) is 4.11. The smallest absolute Gasteiger partial charge is 0.255 e. The van der Waals surface area contributed by atoms with Crippen molar-refractivity contribution >= 4 is 17.1 Å². The number of pyridine rings is 1. The van der Waals surface area contributed by atoms with E-state index >= 15 is 0 Å². The van der Waals surface area contributed by atoms with E-state index < -0.39 is 0 Å². The molecule has 6 heteroatoms. The summed E-state index contributed by atoms with van der Waals surface area (Å²) < 4.78 is 7.13. The van der Waals surface area contributed by atoms with Gasteiger partial charge in [0.2, 0.25) is 0 Å². The van der Waals surface area contributed by atoms with Crippen molar-refractivity contribution in [1.82, 2.24) is 14.9 Å². The largest absolute Gasteiger partial charge is 0.399 e. The van der Waals surface area contributed by atoms with Crippen LogP contribution in [-0.4, -0.2) is 34.8 Å². The number of methoxy groups -OCH3 is 1. The van der Waals surface area contributed by atoms with Crippen LogP contribution in [-0.2, 0) is 4.74 Å². The van der Waals surface area contributed by atoms with Crippen LogP contribution in [0.15, 0.2) is 24.5 Å². The molecule has 3 rings (SSSR count). The SMILES string of the molecule is CO[C@H]1CCCC[C@@H]1NC(=O)c1cnn2ccc(N)cc12. The van der Waals surface area contributed by atoms with Crippen LogP contribution in [0, 0.1) is 0 Å². The summed E-state index contributed by atoms with van der Waals surface area (Å²) >= 11 is 0. The first-order valence-electron chi connectivity index (χ1n) is 7.25. The fourth-order valence-electron chi connectivity index (χ4n) is 2.96. The number of hydrogen-bond acceptors (Lipinski definition) is 4. The molecule has 112 valence electrons. The van der Waals surface area contributed by atoms with Crippen LogP contribution < -0.4 is 11.1 Å². The number of nitrogens with zero attached hydrogens (tertiary/aromatic N) is 2. The van der Waals surface area contributed by atoms with E-state index in [0.29, 0.717) is 11.3 Å². The molecule has 1 amide bonds. The number of hydrogen-bond donors (Lipinski definition) is 2. The van der Waals surface area contributed by atoms with E-state index in [1.54, 1.807) is 36.2 Å². The fraction of sp³-hybridized carbons (Fsp3) is 0.467. The van der Waals surface area contributed by atoms with E-state index in [1.165, 1.54) is 0 Å². The van der Waals surface area contributed by atoms with Crippen LogP contribution in [0.2, 0.25) is 0 Å².